The minimum atomic E-state index is -1.32. The predicted molar refractivity (Wildman–Crippen MR) is 67.6 cm³/mol. The van der Waals surface area contributed by atoms with Gasteiger partial charge < -0.3 is 4.72 Å². The van der Waals surface area contributed by atoms with Crippen LogP contribution in [0.4, 0.5) is 10.1 Å². The molecule has 0 bridgehead atoms. The normalized spacial score (nSPS) is 12.1. The summed E-state index contributed by atoms with van der Waals surface area (Å²) in [5, 5.41) is 0. The van der Waals surface area contributed by atoms with Crippen LogP contribution in [0.2, 0.25) is 0 Å². The van der Waals surface area contributed by atoms with E-state index in [-0.39, 0.29) is 5.82 Å². The lowest BCUT2D eigenvalue weighted by Crippen LogP contribution is -2.04. The summed E-state index contributed by atoms with van der Waals surface area (Å²) in [5.74, 6) is -0.308. The SMILES string of the molecule is Cc1cccc(S(=O)Nc2ccc(F)cc2)c1. The molecule has 0 radical (unpaired) electrons. The first-order chi connectivity index (χ1) is 8.15. The molecule has 1 N–H and O–H groups in total. The van der Waals surface area contributed by atoms with Gasteiger partial charge in [0.05, 0.1) is 4.90 Å². The van der Waals surface area contributed by atoms with Gasteiger partial charge in [0.25, 0.3) is 0 Å². The summed E-state index contributed by atoms with van der Waals surface area (Å²) >= 11 is 0. The highest BCUT2D eigenvalue weighted by molar-refractivity contribution is 7.86. The van der Waals surface area contributed by atoms with Gasteiger partial charge in [-0.05, 0) is 48.9 Å². The van der Waals surface area contributed by atoms with Crippen LogP contribution in [0.3, 0.4) is 0 Å². The van der Waals surface area contributed by atoms with Gasteiger partial charge in [-0.3, -0.25) is 0 Å². The maximum atomic E-state index is 12.7. The molecular weight excluding hydrogens is 237 g/mol. The fraction of sp³-hybridized carbons (Fsp3) is 0.0769. The van der Waals surface area contributed by atoms with Crippen LogP contribution in [-0.2, 0) is 11.0 Å². The molecule has 88 valence electrons. The molecule has 2 aromatic carbocycles. The first-order valence-electron chi connectivity index (χ1n) is 5.16. The Morgan fingerprint density at radius 3 is 2.47 bits per heavy atom. The van der Waals surface area contributed by atoms with Gasteiger partial charge in [0.15, 0.2) is 0 Å². The van der Waals surface area contributed by atoms with E-state index in [0.29, 0.717) is 10.6 Å². The maximum Gasteiger partial charge on any atom is 0.150 e. The molecule has 2 nitrogen and oxygen atoms in total. The Hall–Kier alpha value is -1.68. The van der Waals surface area contributed by atoms with Crippen molar-refractivity contribution in [1.82, 2.24) is 0 Å². The van der Waals surface area contributed by atoms with Crippen LogP contribution < -0.4 is 4.72 Å². The molecule has 1 unspecified atom stereocenters. The molecule has 0 amide bonds. The number of nitrogens with one attached hydrogen (secondary N) is 1. The molecular formula is C13H12FNOS. The summed E-state index contributed by atoms with van der Waals surface area (Å²) in [5.41, 5.74) is 1.68. The van der Waals surface area contributed by atoms with Gasteiger partial charge in [-0.2, -0.15) is 0 Å². The Morgan fingerprint density at radius 1 is 1.12 bits per heavy atom. The minimum Gasteiger partial charge on any atom is -0.301 e. The highest BCUT2D eigenvalue weighted by atomic mass is 32.2. The highest BCUT2D eigenvalue weighted by Gasteiger charge is 2.03. The standard InChI is InChI=1S/C13H12FNOS/c1-10-3-2-4-13(9-10)17(16)15-12-7-5-11(14)6-8-12/h2-9,15H,1H3. The van der Waals surface area contributed by atoms with Crippen molar-refractivity contribution < 1.29 is 8.60 Å². The fourth-order valence-corrected chi connectivity index (χ4v) is 2.38. The molecule has 0 aliphatic heterocycles. The van der Waals surface area contributed by atoms with E-state index in [1.807, 2.05) is 25.1 Å². The average molecular weight is 249 g/mol. The quantitative estimate of drug-likeness (QED) is 0.888. The molecule has 0 spiro atoms. The van der Waals surface area contributed by atoms with Crippen LogP contribution in [-0.4, -0.2) is 4.21 Å². The molecule has 1 atom stereocenters. The summed E-state index contributed by atoms with van der Waals surface area (Å²) in [6.45, 7) is 1.94. The van der Waals surface area contributed by atoms with Crippen molar-refractivity contribution in [3.8, 4) is 0 Å². The van der Waals surface area contributed by atoms with Gasteiger partial charge in [0.2, 0.25) is 0 Å². The number of halogens is 1. The Kier molecular flexibility index (Phi) is 3.54. The Bertz CT molecular complexity index is 539. The number of hydrogen-bond acceptors (Lipinski definition) is 1. The van der Waals surface area contributed by atoms with Gasteiger partial charge in [-0.25, -0.2) is 8.60 Å². The molecule has 2 aromatic rings. The smallest absolute Gasteiger partial charge is 0.150 e. The van der Waals surface area contributed by atoms with Gasteiger partial charge in [-0.15, -0.1) is 0 Å². The van der Waals surface area contributed by atoms with Crippen LogP contribution in [0.5, 0.6) is 0 Å². The molecule has 0 aromatic heterocycles. The summed E-state index contributed by atoms with van der Waals surface area (Å²) in [4.78, 5) is 0.703. The van der Waals surface area contributed by atoms with E-state index in [9.17, 15) is 8.60 Å². The van der Waals surface area contributed by atoms with E-state index in [4.69, 9.17) is 0 Å². The number of rotatable bonds is 3. The van der Waals surface area contributed by atoms with Crippen molar-refractivity contribution in [3.05, 3.63) is 59.9 Å². The fourth-order valence-electron chi connectivity index (χ4n) is 1.41. The first-order valence-corrected chi connectivity index (χ1v) is 6.31. The maximum absolute atomic E-state index is 12.7. The zero-order valence-corrected chi connectivity index (χ0v) is 10.1. The molecule has 0 aliphatic rings. The Labute approximate surface area is 102 Å². The number of aryl methyl sites for hydroxylation is 1. The van der Waals surface area contributed by atoms with E-state index < -0.39 is 11.0 Å². The Morgan fingerprint density at radius 2 is 1.82 bits per heavy atom. The summed E-state index contributed by atoms with van der Waals surface area (Å²) in [6, 6.07) is 13.2. The second-order valence-corrected chi connectivity index (χ2v) is 4.91. The second-order valence-electron chi connectivity index (χ2n) is 3.69. The first kappa shape index (κ1) is 11.8. The number of hydrogen-bond donors (Lipinski definition) is 1. The van der Waals surface area contributed by atoms with Crippen molar-refractivity contribution in [2.75, 3.05) is 4.72 Å². The average Bonchev–Trinajstić information content (AvgIpc) is 2.32. The van der Waals surface area contributed by atoms with E-state index >= 15 is 0 Å². The van der Waals surface area contributed by atoms with Crippen molar-refractivity contribution in [1.29, 1.82) is 0 Å². The van der Waals surface area contributed by atoms with Crippen molar-refractivity contribution in [2.45, 2.75) is 11.8 Å². The van der Waals surface area contributed by atoms with E-state index in [0.717, 1.165) is 5.56 Å². The molecule has 0 fully saturated rings. The monoisotopic (exact) mass is 249 g/mol. The minimum absolute atomic E-state index is 0.308. The van der Waals surface area contributed by atoms with Crippen LogP contribution in [0.25, 0.3) is 0 Å². The Balaban J connectivity index is 2.14. The van der Waals surface area contributed by atoms with Crippen molar-refractivity contribution in [3.63, 3.8) is 0 Å². The molecule has 2 rings (SSSR count). The van der Waals surface area contributed by atoms with Crippen LogP contribution in [0.1, 0.15) is 5.56 Å². The largest absolute Gasteiger partial charge is 0.301 e. The van der Waals surface area contributed by atoms with Gasteiger partial charge >= 0.3 is 0 Å². The number of anilines is 1. The zero-order valence-electron chi connectivity index (χ0n) is 9.31. The van der Waals surface area contributed by atoms with E-state index in [1.165, 1.54) is 12.1 Å². The molecule has 0 aliphatic carbocycles. The van der Waals surface area contributed by atoms with Crippen LogP contribution >= 0.6 is 0 Å². The lowest BCUT2D eigenvalue weighted by molar-refractivity contribution is 0.628. The van der Waals surface area contributed by atoms with Gasteiger partial charge in [-0.1, -0.05) is 12.1 Å². The third-order valence-corrected chi connectivity index (χ3v) is 3.36. The van der Waals surface area contributed by atoms with Crippen molar-refractivity contribution in [2.24, 2.45) is 0 Å². The molecule has 4 heteroatoms. The summed E-state index contributed by atoms with van der Waals surface area (Å²) in [6.07, 6.45) is 0. The third kappa shape index (κ3) is 3.14. The van der Waals surface area contributed by atoms with Gasteiger partial charge in [0, 0.05) is 5.69 Å². The predicted octanol–water partition coefficient (Wildman–Crippen LogP) is 3.27. The van der Waals surface area contributed by atoms with Crippen molar-refractivity contribution >= 4 is 16.7 Å². The third-order valence-electron chi connectivity index (χ3n) is 2.26. The second kappa shape index (κ2) is 5.10. The lowest BCUT2D eigenvalue weighted by atomic mass is 10.2. The zero-order chi connectivity index (χ0) is 12.3. The molecule has 0 saturated heterocycles. The number of benzene rings is 2. The molecule has 17 heavy (non-hydrogen) atoms. The van der Waals surface area contributed by atoms with Crippen LogP contribution in [0, 0.1) is 12.7 Å². The van der Waals surface area contributed by atoms with Gasteiger partial charge in [0.1, 0.15) is 16.8 Å². The van der Waals surface area contributed by atoms with E-state index in [2.05, 4.69) is 4.72 Å². The summed E-state index contributed by atoms with van der Waals surface area (Å²) < 4.78 is 27.5. The van der Waals surface area contributed by atoms with Crippen LogP contribution in [0.15, 0.2) is 53.4 Å². The lowest BCUT2D eigenvalue weighted by Gasteiger charge is -2.06. The molecule has 0 saturated carbocycles. The topological polar surface area (TPSA) is 29.1 Å². The van der Waals surface area contributed by atoms with E-state index in [1.54, 1.807) is 18.2 Å². The summed E-state index contributed by atoms with van der Waals surface area (Å²) in [7, 11) is -1.32. The highest BCUT2D eigenvalue weighted by Crippen LogP contribution is 2.14. The molecule has 0 heterocycles.